The van der Waals surface area contributed by atoms with Crippen molar-refractivity contribution in [2.45, 2.75) is 26.2 Å². The number of ether oxygens (including phenoxy) is 1. The predicted octanol–water partition coefficient (Wildman–Crippen LogP) is 3.17. The molecule has 1 aromatic carbocycles. The van der Waals surface area contributed by atoms with Crippen LogP contribution in [0.5, 0.6) is 0 Å². The first kappa shape index (κ1) is 16.7. The molecule has 0 atom stereocenters. The van der Waals surface area contributed by atoms with Gasteiger partial charge in [0.05, 0.1) is 12.7 Å². The van der Waals surface area contributed by atoms with Crippen LogP contribution in [0, 0.1) is 0 Å². The fourth-order valence-electron chi connectivity index (χ4n) is 2.49. The van der Waals surface area contributed by atoms with Gasteiger partial charge in [0.15, 0.2) is 11.5 Å². The van der Waals surface area contributed by atoms with Crippen molar-refractivity contribution >= 4 is 17.5 Å². The molecule has 0 unspecified atom stereocenters. The van der Waals surface area contributed by atoms with Gasteiger partial charge in [-0.3, -0.25) is 9.59 Å². The fraction of sp³-hybridized carbons (Fsp3) is 0.278. The Morgan fingerprint density at radius 3 is 2.30 bits per heavy atom. The number of ketones is 2. The van der Waals surface area contributed by atoms with Crippen LogP contribution < -0.4 is 0 Å². The first-order valence-electron chi connectivity index (χ1n) is 7.41. The van der Waals surface area contributed by atoms with Crippen LogP contribution in [0.2, 0.25) is 0 Å². The Labute approximate surface area is 134 Å². The smallest absolute Gasteiger partial charge is 0.331 e. The number of methoxy groups -OCH3 is 1. The Balaban J connectivity index is 2.56. The zero-order chi connectivity index (χ0) is 17.0. The number of fused-ring (bicyclic) bond motifs is 1. The van der Waals surface area contributed by atoms with Crippen LogP contribution in [0.15, 0.2) is 47.2 Å². The molecular formula is C18H18O5. The molecule has 1 aliphatic carbocycles. The molecule has 0 aliphatic heterocycles. The summed E-state index contributed by atoms with van der Waals surface area (Å²) in [4.78, 5) is 36.5. The zero-order valence-corrected chi connectivity index (χ0v) is 13.1. The number of benzene rings is 1. The first-order chi connectivity index (χ1) is 11.0. The maximum atomic E-state index is 12.6. The summed E-state index contributed by atoms with van der Waals surface area (Å²) in [7, 11) is 1.30. The number of hydrogen-bond donors (Lipinski definition) is 1. The molecule has 0 bridgehead atoms. The molecule has 1 aliphatic rings. The van der Waals surface area contributed by atoms with E-state index >= 15 is 0 Å². The van der Waals surface area contributed by atoms with E-state index in [0.717, 1.165) is 6.42 Å². The Kier molecular flexibility index (Phi) is 5.11. The summed E-state index contributed by atoms with van der Waals surface area (Å²) in [6.45, 7) is 1.95. The monoisotopic (exact) mass is 314 g/mol. The molecule has 5 heteroatoms. The van der Waals surface area contributed by atoms with Crippen LogP contribution in [0.1, 0.15) is 46.9 Å². The molecule has 23 heavy (non-hydrogen) atoms. The van der Waals surface area contributed by atoms with Crippen molar-refractivity contribution in [1.29, 1.82) is 0 Å². The predicted molar refractivity (Wildman–Crippen MR) is 84.4 cm³/mol. The molecule has 0 spiro atoms. The number of rotatable bonds is 6. The molecule has 0 aromatic heterocycles. The second kappa shape index (κ2) is 7.05. The molecule has 0 amide bonds. The van der Waals surface area contributed by atoms with E-state index in [4.69, 9.17) is 4.74 Å². The number of carboxylic acids is 1. The van der Waals surface area contributed by atoms with Gasteiger partial charge in [-0.05, 0) is 18.9 Å². The quantitative estimate of drug-likeness (QED) is 0.816. The third-order valence-corrected chi connectivity index (χ3v) is 3.71. The van der Waals surface area contributed by atoms with Crippen LogP contribution in [-0.4, -0.2) is 29.8 Å². The molecule has 120 valence electrons. The highest BCUT2D eigenvalue weighted by atomic mass is 16.5. The van der Waals surface area contributed by atoms with Crippen molar-refractivity contribution in [2.75, 3.05) is 7.11 Å². The third kappa shape index (κ3) is 3.23. The fourth-order valence-corrected chi connectivity index (χ4v) is 2.49. The lowest BCUT2D eigenvalue weighted by Gasteiger charge is -2.18. The van der Waals surface area contributed by atoms with E-state index in [-0.39, 0.29) is 28.0 Å². The number of unbranched alkanes of at least 4 members (excludes halogenated alkanes) is 1. The Morgan fingerprint density at radius 1 is 1.17 bits per heavy atom. The number of aliphatic carboxylic acids is 1. The van der Waals surface area contributed by atoms with Crippen LogP contribution in [0.25, 0.3) is 0 Å². The third-order valence-electron chi connectivity index (χ3n) is 3.71. The number of carbonyl (C=O) groups is 3. The molecule has 0 heterocycles. The summed E-state index contributed by atoms with van der Waals surface area (Å²) in [5.41, 5.74) is 0.642. The lowest BCUT2D eigenvalue weighted by Crippen LogP contribution is -2.22. The van der Waals surface area contributed by atoms with Gasteiger partial charge in [-0.25, -0.2) is 4.79 Å². The number of carboxylic acid groups (broad SMARTS) is 1. The highest BCUT2D eigenvalue weighted by Gasteiger charge is 2.32. The number of Topliss-reactive ketones (excluding diaryl/α,β-unsaturated/α-hetero) is 2. The van der Waals surface area contributed by atoms with Gasteiger partial charge in [0, 0.05) is 16.7 Å². The normalized spacial score (nSPS) is 14.8. The Bertz CT molecular complexity index is 725. The van der Waals surface area contributed by atoms with Crippen LogP contribution in [-0.2, 0) is 9.53 Å². The van der Waals surface area contributed by atoms with Gasteiger partial charge in [-0.2, -0.15) is 0 Å². The number of allylic oxidation sites excluding steroid dienone is 3. The van der Waals surface area contributed by atoms with Crippen molar-refractivity contribution in [3.63, 3.8) is 0 Å². The van der Waals surface area contributed by atoms with Crippen LogP contribution in [0.4, 0.5) is 0 Å². The topological polar surface area (TPSA) is 80.7 Å². The minimum Gasteiger partial charge on any atom is -0.492 e. The summed E-state index contributed by atoms with van der Waals surface area (Å²) in [5, 5.41) is 9.31. The molecule has 0 fully saturated rings. The summed E-state index contributed by atoms with van der Waals surface area (Å²) >= 11 is 0. The summed E-state index contributed by atoms with van der Waals surface area (Å²) in [6.07, 6.45) is 3.12. The van der Waals surface area contributed by atoms with E-state index in [2.05, 4.69) is 0 Å². The second-order valence-corrected chi connectivity index (χ2v) is 5.23. The molecule has 0 radical (unpaired) electrons. The molecule has 1 aromatic rings. The Hall–Kier alpha value is -2.69. The van der Waals surface area contributed by atoms with E-state index < -0.39 is 17.5 Å². The lowest BCUT2D eigenvalue weighted by atomic mass is 9.87. The molecule has 0 saturated carbocycles. The molecule has 1 N–H and O–H groups in total. The minimum atomic E-state index is -1.10. The molecule has 5 nitrogen and oxygen atoms in total. The second-order valence-electron chi connectivity index (χ2n) is 5.23. The summed E-state index contributed by atoms with van der Waals surface area (Å²) in [5.74, 6) is -2.01. The Morgan fingerprint density at radius 2 is 1.78 bits per heavy atom. The van der Waals surface area contributed by atoms with Crippen LogP contribution >= 0.6 is 0 Å². The van der Waals surface area contributed by atoms with Gasteiger partial charge in [0.1, 0.15) is 0 Å². The van der Waals surface area contributed by atoms with Crippen molar-refractivity contribution in [1.82, 2.24) is 0 Å². The molecule has 2 rings (SSSR count). The zero-order valence-electron chi connectivity index (χ0n) is 13.1. The first-order valence-corrected chi connectivity index (χ1v) is 7.41. The van der Waals surface area contributed by atoms with Crippen LogP contribution in [0.3, 0.4) is 0 Å². The molecular weight excluding hydrogens is 296 g/mol. The standard InChI is InChI=1S/C18H18O5/c1-3-4-7-11(18(21)22)10-14-15(19)12-8-5-6-9-13(12)16(20)17(14)23-2/h5-6,8-10H,3-4,7H2,1-2H3,(H,21,22). The average Bonchev–Trinajstić information content (AvgIpc) is 2.55. The largest absolute Gasteiger partial charge is 0.492 e. The van der Waals surface area contributed by atoms with Gasteiger partial charge < -0.3 is 9.84 Å². The van der Waals surface area contributed by atoms with Crippen molar-refractivity contribution in [3.8, 4) is 0 Å². The number of hydrogen-bond acceptors (Lipinski definition) is 4. The van der Waals surface area contributed by atoms with E-state index in [9.17, 15) is 19.5 Å². The molecule has 0 saturated heterocycles. The van der Waals surface area contributed by atoms with E-state index in [0.29, 0.717) is 12.8 Å². The van der Waals surface area contributed by atoms with E-state index in [1.165, 1.54) is 13.2 Å². The van der Waals surface area contributed by atoms with Crippen molar-refractivity contribution in [2.24, 2.45) is 0 Å². The SMILES string of the molecule is CCCCC(=CC1=C(OC)C(=O)c2ccccc2C1=O)C(=O)O. The minimum absolute atomic E-state index is 0.00435. The summed E-state index contributed by atoms with van der Waals surface area (Å²) < 4.78 is 5.10. The van der Waals surface area contributed by atoms with Gasteiger partial charge in [0.25, 0.3) is 0 Å². The van der Waals surface area contributed by atoms with E-state index in [1.807, 2.05) is 6.92 Å². The lowest BCUT2D eigenvalue weighted by molar-refractivity contribution is -0.132. The van der Waals surface area contributed by atoms with Crippen molar-refractivity contribution < 1.29 is 24.2 Å². The van der Waals surface area contributed by atoms with Gasteiger partial charge in [0.2, 0.25) is 5.78 Å². The van der Waals surface area contributed by atoms with Gasteiger partial charge >= 0.3 is 5.97 Å². The average molecular weight is 314 g/mol. The van der Waals surface area contributed by atoms with Crippen molar-refractivity contribution in [3.05, 3.63) is 58.4 Å². The van der Waals surface area contributed by atoms with Gasteiger partial charge in [-0.15, -0.1) is 0 Å². The number of carbonyl (C=O) groups excluding carboxylic acids is 2. The summed E-state index contributed by atoms with van der Waals surface area (Å²) in [6, 6.07) is 6.45. The highest BCUT2D eigenvalue weighted by molar-refractivity contribution is 6.27. The highest BCUT2D eigenvalue weighted by Crippen LogP contribution is 2.28. The van der Waals surface area contributed by atoms with E-state index in [1.54, 1.807) is 24.3 Å². The maximum absolute atomic E-state index is 12.6. The maximum Gasteiger partial charge on any atom is 0.331 e. The van der Waals surface area contributed by atoms with Gasteiger partial charge in [-0.1, -0.05) is 37.6 Å².